The van der Waals surface area contributed by atoms with Crippen LogP contribution in [0.25, 0.3) is 22.8 Å². The van der Waals surface area contributed by atoms with Crippen LogP contribution in [0.15, 0.2) is 59.1 Å². The standard InChI is InChI=1S/C24H26N4O2/c1-27-15-13-24(16-27)12-7-14-28(17-24)23(29)20-11-6-5-10-19(20)22-25-21(26-30-22)18-8-3-2-4-9-18/h2-6,8-11H,7,12-17H2,1H3. The first-order chi connectivity index (χ1) is 14.6. The van der Waals surface area contributed by atoms with Crippen molar-refractivity contribution in [1.29, 1.82) is 0 Å². The zero-order chi connectivity index (χ0) is 20.6. The van der Waals surface area contributed by atoms with Crippen molar-refractivity contribution in [1.82, 2.24) is 19.9 Å². The second kappa shape index (κ2) is 7.69. The number of hydrogen-bond donors (Lipinski definition) is 0. The van der Waals surface area contributed by atoms with Gasteiger partial charge in [0.1, 0.15) is 0 Å². The van der Waals surface area contributed by atoms with Gasteiger partial charge in [-0.3, -0.25) is 4.79 Å². The van der Waals surface area contributed by atoms with Gasteiger partial charge in [-0.15, -0.1) is 0 Å². The molecule has 5 rings (SSSR count). The normalized spacial score (nSPS) is 22.0. The van der Waals surface area contributed by atoms with Gasteiger partial charge in [0.05, 0.1) is 11.1 Å². The van der Waals surface area contributed by atoms with Crippen LogP contribution >= 0.6 is 0 Å². The molecule has 2 saturated heterocycles. The van der Waals surface area contributed by atoms with Crippen molar-refractivity contribution in [2.45, 2.75) is 19.3 Å². The molecule has 1 atom stereocenters. The topological polar surface area (TPSA) is 62.5 Å². The molecular formula is C24H26N4O2. The first-order valence-electron chi connectivity index (χ1n) is 10.6. The van der Waals surface area contributed by atoms with Gasteiger partial charge in [-0.25, -0.2) is 0 Å². The molecule has 0 aliphatic carbocycles. The van der Waals surface area contributed by atoms with E-state index in [0.717, 1.165) is 38.2 Å². The first kappa shape index (κ1) is 19.0. The van der Waals surface area contributed by atoms with Crippen molar-refractivity contribution in [2.24, 2.45) is 5.41 Å². The fraction of sp³-hybridized carbons (Fsp3) is 0.375. The quantitative estimate of drug-likeness (QED) is 0.664. The molecule has 0 radical (unpaired) electrons. The minimum Gasteiger partial charge on any atom is -0.338 e. The second-order valence-corrected chi connectivity index (χ2v) is 8.65. The Morgan fingerprint density at radius 1 is 1.00 bits per heavy atom. The highest BCUT2D eigenvalue weighted by molar-refractivity contribution is 6.00. The predicted octanol–water partition coefficient (Wildman–Crippen LogP) is 3.96. The van der Waals surface area contributed by atoms with E-state index < -0.39 is 0 Å². The van der Waals surface area contributed by atoms with Gasteiger partial charge in [-0.05, 0) is 45.0 Å². The number of benzene rings is 2. The summed E-state index contributed by atoms with van der Waals surface area (Å²) >= 11 is 0. The summed E-state index contributed by atoms with van der Waals surface area (Å²) in [7, 11) is 2.17. The molecule has 0 saturated carbocycles. The minimum absolute atomic E-state index is 0.0543. The summed E-state index contributed by atoms with van der Waals surface area (Å²) in [4.78, 5) is 22.5. The van der Waals surface area contributed by atoms with Gasteiger partial charge in [-0.1, -0.05) is 47.6 Å². The molecule has 154 valence electrons. The number of amides is 1. The van der Waals surface area contributed by atoms with E-state index in [0.29, 0.717) is 22.8 Å². The molecule has 1 amide bonds. The van der Waals surface area contributed by atoms with Gasteiger partial charge in [0.15, 0.2) is 0 Å². The molecule has 2 aliphatic rings. The van der Waals surface area contributed by atoms with Gasteiger partial charge in [0.2, 0.25) is 5.82 Å². The molecule has 1 unspecified atom stereocenters. The summed E-state index contributed by atoms with van der Waals surface area (Å²) in [6.45, 7) is 3.81. The lowest BCUT2D eigenvalue weighted by atomic mass is 9.79. The summed E-state index contributed by atoms with van der Waals surface area (Å²) in [5, 5.41) is 4.13. The maximum Gasteiger partial charge on any atom is 0.259 e. The van der Waals surface area contributed by atoms with Crippen molar-refractivity contribution in [3.63, 3.8) is 0 Å². The minimum atomic E-state index is 0.0543. The lowest BCUT2D eigenvalue weighted by Gasteiger charge is -2.40. The molecule has 0 bridgehead atoms. The molecule has 2 aromatic carbocycles. The summed E-state index contributed by atoms with van der Waals surface area (Å²) in [6, 6.07) is 17.3. The molecule has 1 spiro atoms. The monoisotopic (exact) mass is 402 g/mol. The van der Waals surface area contributed by atoms with Crippen molar-refractivity contribution in [3.05, 3.63) is 60.2 Å². The van der Waals surface area contributed by atoms with Crippen LogP contribution in [0.5, 0.6) is 0 Å². The smallest absolute Gasteiger partial charge is 0.259 e. The molecule has 3 heterocycles. The number of piperidine rings is 1. The molecule has 2 fully saturated rings. The Morgan fingerprint density at radius 2 is 1.80 bits per heavy atom. The SMILES string of the molecule is CN1CCC2(CCCN(C(=O)c3ccccc3-c3nc(-c4ccccc4)no3)C2)C1. The number of hydrogen-bond acceptors (Lipinski definition) is 5. The Labute approximate surface area is 176 Å². The van der Waals surface area contributed by atoms with Crippen molar-refractivity contribution < 1.29 is 9.32 Å². The molecule has 6 nitrogen and oxygen atoms in total. The van der Waals surface area contributed by atoms with Gasteiger partial charge < -0.3 is 14.3 Å². The average molecular weight is 402 g/mol. The number of carbonyl (C=O) groups excluding carboxylic acids is 1. The van der Waals surface area contributed by atoms with Crippen molar-refractivity contribution >= 4 is 5.91 Å². The lowest BCUT2D eigenvalue weighted by Crippen LogP contribution is -2.47. The third-order valence-corrected chi connectivity index (χ3v) is 6.42. The molecule has 3 aromatic rings. The third kappa shape index (κ3) is 3.52. The highest BCUT2D eigenvalue weighted by Gasteiger charge is 2.41. The molecule has 2 aliphatic heterocycles. The number of carbonyl (C=O) groups is 1. The molecular weight excluding hydrogens is 376 g/mol. The van der Waals surface area contributed by atoms with E-state index in [1.54, 1.807) is 0 Å². The summed E-state index contributed by atoms with van der Waals surface area (Å²) in [6.07, 6.45) is 3.42. The Hall–Kier alpha value is -2.99. The fourth-order valence-corrected chi connectivity index (χ4v) is 4.94. The maximum atomic E-state index is 13.5. The van der Waals surface area contributed by atoms with Gasteiger partial charge >= 0.3 is 0 Å². The first-order valence-corrected chi connectivity index (χ1v) is 10.6. The molecule has 1 aromatic heterocycles. The van der Waals surface area contributed by atoms with Crippen molar-refractivity contribution in [3.8, 4) is 22.8 Å². The Balaban J connectivity index is 1.43. The van der Waals surface area contributed by atoms with Crippen LogP contribution in [0, 0.1) is 5.41 Å². The zero-order valence-corrected chi connectivity index (χ0v) is 17.3. The van der Waals surface area contributed by atoms with Gasteiger partial charge in [0, 0.05) is 30.6 Å². The van der Waals surface area contributed by atoms with Crippen LogP contribution in [-0.4, -0.2) is 59.1 Å². The number of rotatable bonds is 3. The van der Waals surface area contributed by atoms with E-state index in [1.165, 1.54) is 12.8 Å². The second-order valence-electron chi connectivity index (χ2n) is 8.65. The number of aromatic nitrogens is 2. The number of nitrogens with zero attached hydrogens (tertiary/aromatic N) is 4. The van der Waals surface area contributed by atoms with Crippen LogP contribution < -0.4 is 0 Å². The Morgan fingerprint density at radius 3 is 2.60 bits per heavy atom. The maximum absolute atomic E-state index is 13.5. The Bertz CT molecular complexity index is 1040. The van der Waals surface area contributed by atoms with Crippen LogP contribution in [0.1, 0.15) is 29.6 Å². The fourth-order valence-electron chi connectivity index (χ4n) is 4.94. The van der Waals surface area contributed by atoms with Crippen molar-refractivity contribution in [2.75, 3.05) is 33.2 Å². The van der Waals surface area contributed by atoms with Crippen LogP contribution in [0.3, 0.4) is 0 Å². The summed E-state index contributed by atoms with van der Waals surface area (Å²) in [5.74, 6) is 0.961. The van der Waals surface area contributed by atoms with Gasteiger partial charge in [0.25, 0.3) is 11.8 Å². The highest BCUT2D eigenvalue weighted by atomic mass is 16.5. The predicted molar refractivity (Wildman–Crippen MR) is 115 cm³/mol. The van der Waals surface area contributed by atoms with E-state index in [4.69, 9.17) is 4.52 Å². The van der Waals surface area contributed by atoms with Crippen LogP contribution in [0.4, 0.5) is 0 Å². The largest absolute Gasteiger partial charge is 0.338 e. The van der Waals surface area contributed by atoms with Crippen LogP contribution in [0.2, 0.25) is 0 Å². The summed E-state index contributed by atoms with van der Waals surface area (Å²) in [5.41, 5.74) is 2.45. The number of likely N-dealkylation sites (tertiary alicyclic amines) is 2. The highest BCUT2D eigenvalue weighted by Crippen LogP contribution is 2.39. The Kier molecular flexibility index (Phi) is 4.87. The van der Waals surface area contributed by atoms with Crippen LogP contribution in [-0.2, 0) is 0 Å². The average Bonchev–Trinajstić information content (AvgIpc) is 3.41. The lowest BCUT2D eigenvalue weighted by molar-refractivity contribution is 0.0535. The van der Waals surface area contributed by atoms with Gasteiger partial charge in [-0.2, -0.15) is 4.98 Å². The van der Waals surface area contributed by atoms with E-state index in [9.17, 15) is 4.79 Å². The summed E-state index contributed by atoms with van der Waals surface area (Å²) < 4.78 is 5.55. The zero-order valence-electron chi connectivity index (χ0n) is 17.3. The van der Waals surface area contributed by atoms with E-state index in [2.05, 4.69) is 22.1 Å². The molecule has 0 N–H and O–H groups in total. The van der Waals surface area contributed by atoms with E-state index in [1.807, 2.05) is 59.5 Å². The van der Waals surface area contributed by atoms with E-state index in [-0.39, 0.29) is 11.3 Å². The molecule has 30 heavy (non-hydrogen) atoms. The van der Waals surface area contributed by atoms with E-state index >= 15 is 0 Å². The molecule has 6 heteroatoms. The third-order valence-electron chi connectivity index (χ3n) is 6.42.